The molecule has 0 radical (unpaired) electrons. The molecule has 0 aromatic carbocycles. The number of nitrogens with zero attached hydrogens (tertiary/aromatic N) is 1. The maximum atomic E-state index is 13.0. The molecule has 1 nitrogen and oxygen atoms in total. The van der Waals surface area contributed by atoms with Crippen molar-refractivity contribution in [2.24, 2.45) is 5.41 Å². The van der Waals surface area contributed by atoms with Gasteiger partial charge in [-0.3, -0.25) is 0 Å². The van der Waals surface area contributed by atoms with Gasteiger partial charge >= 0.3 is 0 Å². The zero-order valence-corrected chi connectivity index (χ0v) is 11.1. The monoisotopic (exact) mass is 241 g/mol. The van der Waals surface area contributed by atoms with Gasteiger partial charge in [0.05, 0.1) is 0 Å². The first-order chi connectivity index (χ1) is 7.81. The van der Waals surface area contributed by atoms with Crippen LogP contribution in [0.25, 0.3) is 0 Å². The fraction of sp³-hybridized carbons (Fsp3) is 0.571. The van der Waals surface area contributed by atoms with Gasteiger partial charge in [-0.05, 0) is 35.8 Å². The zero-order valence-electron chi connectivity index (χ0n) is 11.1. The molecule has 0 aromatic rings. The summed E-state index contributed by atoms with van der Waals surface area (Å²) in [5, 5.41) is 0. The summed E-state index contributed by atoms with van der Waals surface area (Å²) in [6, 6.07) is 0. The van der Waals surface area contributed by atoms with Crippen LogP contribution in [0.3, 0.4) is 0 Å². The highest BCUT2D eigenvalue weighted by Crippen LogP contribution is 2.21. The highest BCUT2D eigenvalue weighted by Gasteiger charge is 2.17. The number of halogens is 2. The minimum absolute atomic E-state index is 0.231. The van der Waals surface area contributed by atoms with Gasteiger partial charge in [0.1, 0.15) is 12.5 Å². The highest BCUT2D eigenvalue weighted by molar-refractivity contribution is 5.34. The van der Waals surface area contributed by atoms with Crippen molar-refractivity contribution in [1.29, 1.82) is 0 Å². The third-order valence-electron chi connectivity index (χ3n) is 2.51. The van der Waals surface area contributed by atoms with Gasteiger partial charge in [0.15, 0.2) is 0 Å². The van der Waals surface area contributed by atoms with Crippen molar-refractivity contribution in [3.05, 3.63) is 35.3 Å². The molecule has 1 heterocycles. The predicted octanol–water partition coefficient (Wildman–Crippen LogP) is 4.00. The van der Waals surface area contributed by atoms with Crippen molar-refractivity contribution in [3.8, 4) is 0 Å². The lowest BCUT2D eigenvalue weighted by molar-refractivity contribution is 0.272. The molecule has 1 aliphatic rings. The molecule has 3 heteroatoms. The van der Waals surface area contributed by atoms with Crippen LogP contribution < -0.4 is 0 Å². The summed E-state index contributed by atoms with van der Waals surface area (Å²) in [5.41, 5.74) is 1.63. The lowest BCUT2D eigenvalue weighted by Crippen LogP contribution is -2.27. The van der Waals surface area contributed by atoms with Gasteiger partial charge in [-0.1, -0.05) is 26.8 Å². The van der Waals surface area contributed by atoms with E-state index in [-0.39, 0.29) is 5.41 Å². The quantitative estimate of drug-likeness (QED) is 0.722. The minimum Gasteiger partial charge on any atom is -0.373 e. The molecule has 1 rings (SSSR count). The Bertz CT molecular complexity index is 359. The van der Waals surface area contributed by atoms with Crippen LogP contribution >= 0.6 is 0 Å². The van der Waals surface area contributed by atoms with Crippen LogP contribution in [-0.4, -0.2) is 24.7 Å². The fourth-order valence-electron chi connectivity index (χ4n) is 1.81. The van der Waals surface area contributed by atoms with E-state index in [2.05, 4.69) is 25.7 Å². The van der Waals surface area contributed by atoms with Gasteiger partial charge in [-0.25, -0.2) is 8.78 Å². The summed E-state index contributed by atoms with van der Waals surface area (Å²) in [7, 11) is 0. The third kappa shape index (κ3) is 4.72. The lowest BCUT2D eigenvalue weighted by atomic mass is 9.96. The number of rotatable bonds is 3. The largest absolute Gasteiger partial charge is 0.373 e. The molecule has 96 valence electrons. The smallest absolute Gasteiger partial charge is 0.141 e. The Balaban J connectivity index is 2.64. The molecule has 0 atom stereocenters. The van der Waals surface area contributed by atoms with E-state index < -0.39 is 12.5 Å². The number of hydrogen-bond acceptors (Lipinski definition) is 1. The van der Waals surface area contributed by atoms with E-state index in [9.17, 15) is 8.78 Å². The molecule has 1 aliphatic heterocycles. The topological polar surface area (TPSA) is 3.24 Å². The van der Waals surface area contributed by atoms with Crippen LogP contribution in [0.15, 0.2) is 35.3 Å². The molecule has 0 amide bonds. The Labute approximate surface area is 102 Å². The van der Waals surface area contributed by atoms with Gasteiger partial charge in [0, 0.05) is 13.1 Å². The molecule has 0 fully saturated rings. The van der Waals surface area contributed by atoms with E-state index in [1.807, 2.05) is 12.3 Å². The number of hydrogen-bond donors (Lipinski definition) is 0. The maximum Gasteiger partial charge on any atom is 0.141 e. The van der Waals surface area contributed by atoms with Crippen LogP contribution in [0, 0.1) is 5.41 Å². The maximum absolute atomic E-state index is 13.0. The van der Waals surface area contributed by atoms with E-state index in [0.29, 0.717) is 5.57 Å². The van der Waals surface area contributed by atoms with Crippen molar-refractivity contribution in [1.82, 2.24) is 4.90 Å². The molecule has 0 aromatic heterocycles. The van der Waals surface area contributed by atoms with Crippen molar-refractivity contribution in [2.45, 2.75) is 27.7 Å². The Morgan fingerprint density at radius 2 is 2.12 bits per heavy atom. The van der Waals surface area contributed by atoms with E-state index in [1.54, 1.807) is 13.0 Å². The molecule has 0 unspecified atom stereocenters. The third-order valence-corrected chi connectivity index (χ3v) is 2.51. The molecular weight excluding hydrogens is 220 g/mol. The first-order valence-corrected chi connectivity index (χ1v) is 5.86. The van der Waals surface area contributed by atoms with Crippen LogP contribution in [0.2, 0.25) is 0 Å². The standard InChI is InChI=1S/C14H21F2N/c1-11(13(16)8-15)7-12-5-6-17(9-12)10-14(2,3)4/h5-7H,8-10H2,1-4H3/b12-7-,13-11+. The molecule has 0 aliphatic carbocycles. The summed E-state index contributed by atoms with van der Waals surface area (Å²) >= 11 is 0. The lowest BCUT2D eigenvalue weighted by Gasteiger charge is -2.26. The first kappa shape index (κ1) is 13.9. The molecule has 17 heavy (non-hydrogen) atoms. The Hall–Kier alpha value is -1.12. The van der Waals surface area contributed by atoms with Gasteiger partial charge in [0.25, 0.3) is 0 Å². The average Bonchev–Trinajstić information content (AvgIpc) is 2.61. The average molecular weight is 241 g/mol. The summed E-state index contributed by atoms with van der Waals surface area (Å²) in [5.74, 6) is -0.680. The Morgan fingerprint density at radius 1 is 1.47 bits per heavy atom. The second-order valence-electron chi connectivity index (χ2n) is 5.72. The van der Waals surface area contributed by atoms with E-state index in [0.717, 1.165) is 18.7 Å². The summed E-state index contributed by atoms with van der Waals surface area (Å²) in [6.45, 7) is 8.83. The van der Waals surface area contributed by atoms with E-state index in [4.69, 9.17) is 0 Å². The minimum atomic E-state index is -1.02. The van der Waals surface area contributed by atoms with E-state index >= 15 is 0 Å². The first-order valence-electron chi connectivity index (χ1n) is 5.86. The number of alkyl halides is 1. The predicted molar refractivity (Wildman–Crippen MR) is 68.0 cm³/mol. The van der Waals surface area contributed by atoms with Crippen LogP contribution in [0.5, 0.6) is 0 Å². The molecule has 0 spiro atoms. The van der Waals surface area contributed by atoms with Crippen molar-refractivity contribution >= 4 is 0 Å². The highest BCUT2D eigenvalue weighted by atomic mass is 19.2. The zero-order chi connectivity index (χ0) is 13.1. The second-order valence-corrected chi connectivity index (χ2v) is 5.72. The van der Waals surface area contributed by atoms with Crippen LogP contribution in [0.1, 0.15) is 27.7 Å². The summed E-state index contributed by atoms with van der Waals surface area (Å²) in [4.78, 5) is 2.19. The van der Waals surface area contributed by atoms with Crippen molar-refractivity contribution in [2.75, 3.05) is 19.8 Å². The Kier molecular flexibility index (Phi) is 4.49. The molecule has 0 saturated heterocycles. The number of allylic oxidation sites excluding steroid dienone is 3. The van der Waals surface area contributed by atoms with Crippen LogP contribution in [-0.2, 0) is 0 Å². The van der Waals surface area contributed by atoms with E-state index in [1.165, 1.54) is 0 Å². The summed E-state index contributed by atoms with van der Waals surface area (Å²) < 4.78 is 25.1. The SMILES string of the molecule is CC(/C=C1/C=CN(CC(C)(C)C)C1)=C(\F)CF. The van der Waals surface area contributed by atoms with Crippen molar-refractivity contribution < 1.29 is 8.78 Å². The van der Waals surface area contributed by atoms with Crippen molar-refractivity contribution in [3.63, 3.8) is 0 Å². The Morgan fingerprint density at radius 3 is 2.65 bits per heavy atom. The second kappa shape index (κ2) is 5.48. The summed E-state index contributed by atoms with van der Waals surface area (Å²) in [6.07, 6.45) is 5.69. The molecule has 0 N–H and O–H groups in total. The van der Waals surface area contributed by atoms with Crippen LogP contribution in [0.4, 0.5) is 8.78 Å². The normalized spacial score (nSPS) is 20.1. The molecule has 0 bridgehead atoms. The molecular formula is C14H21F2N. The van der Waals surface area contributed by atoms with Gasteiger partial charge < -0.3 is 4.90 Å². The van der Waals surface area contributed by atoms with Gasteiger partial charge in [-0.2, -0.15) is 0 Å². The van der Waals surface area contributed by atoms with Gasteiger partial charge in [0.2, 0.25) is 0 Å². The fourth-order valence-corrected chi connectivity index (χ4v) is 1.81. The molecule has 0 saturated carbocycles. The van der Waals surface area contributed by atoms with Gasteiger partial charge in [-0.15, -0.1) is 0 Å².